The quantitative estimate of drug-likeness (QED) is 0.243. The molecule has 160 valence electrons. The Morgan fingerprint density at radius 3 is 2.69 bits per heavy atom. The highest BCUT2D eigenvalue weighted by Crippen LogP contribution is 2.19. The summed E-state index contributed by atoms with van der Waals surface area (Å²) in [5.41, 5.74) is 1.17. The fourth-order valence-corrected chi connectivity index (χ4v) is 3.24. The number of likely N-dealkylation sites (N-methyl/N-ethyl adjacent to an activating group) is 1. The van der Waals surface area contributed by atoms with Gasteiger partial charge in [-0.3, -0.25) is 4.68 Å². The molecule has 2 N–H and O–H groups in total. The molecule has 1 aliphatic heterocycles. The highest BCUT2D eigenvalue weighted by molar-refractivity contribution is 14.0. The van der Waals surface area contributed by atoms with E-state index in [1.807, 2.05) is 35.4 Å². The summed E-state index contributed by atoms with van der Waals surface area (Å²) in [7, 11) is 2.17. The van der Waals surface area contributed by atoms with Crippen LogP contribution in [-0.4, -0.2) is 71.9 Å². The SMILES string of the molecule is CCNC(=NCc1cccnc1N1CCN(C)CC1)NCCCn1cccn1.I. The lowest BCUT2D eigenvalue weighted by Crippen LogP contribution is -2.45. The molecule has 0 atom stereocenters. The molecule has 3 heterocycles. The maximum atomic E-state index is 4.78. The van der Waals surface area contributed by atoms with Crippen molar-refractivity contribution in [2.24, 2.45) is 4.99 Å². The number of nitrogens with zero attached hydrogens (tertiary/aromatic N) is 6. The average Bonchev–Trinajstić information content (AvgIpc) is 3.24. The van der Waals surface area contributed by atoms with Crippen molar-refractivity contribution in [2.45, 2.75) is 26.4 Å². The van der Waals surface area contributed by atoms with Gasteiger partial charge < -0.3 is 20.4 Å². The van der Waals surface area contributed by atoms with E-state index in [0.717, 1.165) is 64.0 Å². The normalized spacial score (nSPS) is 15.1. The van der Waals surface area contributed by atoms with Gasteiger partial charge in [-0.15, -0.1) is 24.0 Å². The number of rotatable bonds is 8. The molecule has 0 spiro atoms. The van der Waals surface area contributed by atoms with Crippen LogP contribution >= 0.6 is 24.0 Å². The Hall–Kier alpha value is -1.88. The van der Waals surface area contributed by atoms with Gasteiger partial charge in [0.1, 0.15) is 5.82 Å². The molecule has 0 aromatic carbocycles. The summed E-state index contributed by atoms with van der Waals surface area (Å²) < 4.78 is 1.95. The van der Waals surface area contributed by atoms with Crippen molar-refractivity contribution >= 4 is 35.8 Å². The number of guanidine groups is 1. The van der Waals surface area contributed by atoms with Gasteiger partial charge in [0.25, 0.3) is 0 Å². The molecule has 1 fully saturated rings. The van der Waals surface area contributed by atoms with Gasteiger partial charge in [0.15, 0.2) is 5.96 Å². The van der Waals surface area contributed by atoms with E-state index in [1.165, 1.54) is 5.56 Å². The molecule has 3 rings (SSSR count). The van der Waals surface area contributed by atoms with E-state index >= 15 is 0 Å². The Bertz CT molecular complexity index is 726. The van der Waals surface area contributed by atoms with Gasteiger partial charge in [0.2, 0.25) is 0 Å². The van der Waals surface area contributed by atoms with E-state index in [-0.39, 0.29) is 24.0 Å². The van der Waals surface area contributed by atoms with Crippen LogP contribution in [-0.2, 0) is 13.1 Å². The predicted molar refractivity (Wildman–Crippen MR) is 129 cm³/mol. The fraction of sp³-hybridized carbons (Fsp3) is 0.550. The standard InChI is InChI=1S/C20H32N8.HI/c1-3-21-20(23-9-5-11-28-12-6-10-25-28)24-17-18-7-4-8-22-19(18)27-15-13-26(2)14-16-27;/h4,6-8,10,12H,3,5,9,11,13-17H2,1-2H3,(H2,21,23,24);1H. The molecular weight excluding hydrogens is 479 g/mol. The van der Waals surface area contributed by atoms with Gasteiger partial charge in [-0.25, -0.2) is 9.98 Å². The van der Waals surface area contributed by atoms with E-state index in [0.29, 0.717) is 6.54 Å². The number of pyridine rings is 1. The first-order valence-corrected chi connectivity index (χ1v) is 10.1. The van der Waals surface area contributed by atoms with Crippen molar-refractivity contribution in [1.29, 1.82) is 0 Å². The first kappa shape index (κ1) is 23.4. The van der Waals surface area contributed by atoms with Gasteiger partial charge in [-0.1, -0.05) is 6.07 Å². The number of aliphatic imine (C=N–C) groups is 1. The van der Waals surface area contributed by atoms with Crippen LogP contribution in [0.3, 0.4) is 0 Å². The number of halogens is 1. The minimum atomic E-state index is 0. The second kappa shape index (κ2) is 12.6. The zero-order valence-electron chi connectivity index (χ0n) is 17.4. The Morgan fingerprint density at radius 1 is 1.14 bits per heavy atom. The van der Waals surface area contributed by atoms with E-state index in [4.69, 9.17) is 4.99 Å². The van der Waals surface area contributed by atoms with Crippen LogP contribution < -0.4 is 15.5 Å². The van der Waals surface area contributed by atoms with Crippen LogP contribution in [0.1, 0.15) is 18.9 Å². The van der Waals surface area contributed by atoms with Crippen molar-refractivity contribution < 1.29 is 0 Å². The lowest BCUT2D eigenvalue weighted by atomic mass is 10.2. The Labute approximate surface area is 190 Å². The molecule has 1 saturated heterocycles. The first-order chi connectivity index (χ1) is 13.8. The van der Waals surface area contributed by atoms with Gasteiger partial charge in [-0.05, 0) is 32.5 Å². The number of aromatic nitrogens is 3. The summed E-state index contributed by atoms with van der Waals surface area (Å²) in [5, 5.41) is 11.0. The van der Waals surface area contributed by atoms with E-state index in [2.05, 4.69) is 50.6 Å². The fourth-order valence-electron chi connectivity index (χ4n) is 3.24. The number of nitrogens with one attached hydrogen (secondary N) is 2. The monoisotopic (exact) mass is 512 g/mol. The number of hydrogen-bond donors (Lipinski definition) is 2. The molecule has 8 nitrogen and oxygen atoms in total. The van der Waals surface area contributed by atoms with Gasteiger partial charge in [0.05, 0.1) is 6.54 Å². The Morgan fingerprint density at radius 2 is 1.97 bits per heavy atom. The predicted octanol–water partition coefficient (Wildman–Crippen LogP) is 1.79. The van der Waals surface area contributed by atoms with Crippen molar-refractivity contribution in [3.63, 3.8) is 0 Å². The molecule has 0 radical (unpaired) electrons. The van der Waals surface area contributed by atoms with Crippen LogP contribution in [0.4, 0.5) is 5.82 Å². The lowest BCUT2D eigenvalue weighted by Gasteiger charge is -2.34. The minimum absolute atomic E-state index is 0. The molecule has 0 amide bonds. The number of hydrogen-bond acceptors (Lipinski definition) is 5. The van der Waals surface area contributed by atoms with Crippen LogP contribution in [0.2, 0.25) is 0 Å². The summed E-state index contributed by atoms with van der Waals surface area (Å²) in [4.78, 5) is 14.2. The van der Waals surface area contributed by atoms with Crippen molar-refractivity contribution in [1.82, 2.24) is 30.3 Å². The van der Waals surface area contributed by atoms with Crippen molar-refractivity contribution in [3.8, 4) is 0 Å². The second-order valence-electron chi connectivity index (χ2n) is 7.02. The number of piperazine rings is 1. The first-order valence-electron chi connectivity index (χ1n) is 10.1. The molecule has 2 aromatic heterocycles. The molecule has 1 aliphatic rings. The summed E-state index contributed by atoms with van der Waals surface area (Å²) >= 11 is 0. The third-order valence-electron chi connectivity index (χ3n) is 4.84. The highest BCUT2D eigenvalue weighted by atomic mass is 127. The maximum Gasteiger partial charge on any atom is 0.191 e. The second-order valence-corrected chi connectivity index (χ2v) is 7.02. The van der Waals surface area contributed by atoms with E-state index in [1.54, 1.807) is 0 Å². The molecule has 0 saturated carbocycles. The topological polar surface area (TPSA) is 73.6 Å². The zero-order chi connectivity index (χ0) is 19.6. The third-order valence-corrected chi connectivity index (χ3v) is 4.84. The van der Waals surface area contributed by atoms with Crippen molar-refractivity contribution in [2.75, 3.05) is 51.2 Å². The van der Waals surface area contributed by atoms with Crippen LogP contribution in [0.5, 0.6) is 0 Å². The maximum absolute atomic E-state index is 4.78. The number of aryl methyl sites for hydroxylation is 1. The average molecular weight is 512 g/mol. The molecular formula is C20H33IN8. The van der Waals surface area contributed by atoms with Crippen molar-refractivity contribution in [3.05, 3.63) is 42.4 Å². The number of anilines is 1. The van der Waals surface area contributed by atoms with Crippen LogP contribution in [0.15, 0.2) is 41.8 Å². The minimum Gasteiger partial charge on any atom is -0.357 e. The summed E-state index contributed by atoms with van der Waals surface area (Å²) in [6, 6.07) is 6.07. The molecule has 0 aliphatic carbocycles. The Kier molecular flexibility index (Phi) is 10.2. The lowest BCUT2D eigenvalue weighted by molar-refractivity contribution is 0.312. The molecule has 0 unspecified atom stereocenters. The van der Waals surface area contributed by atoms with Crippen LogP contribution in [0, 0.1) is 0 Å². The van der Waals surface area contributed by atoms with Crippen LogP contribution in [0.25, 0.3) is 0 Å². The molecule has 29 heavy (non-hydrogen) atoms. The zero-order valence-corrected chi connectivity index (χ0v) is 19.7. The summed E-state index contributed by atoms with van der Waals surface area (Å²) in [6.45, 7) is 9.44. The smallest absolute Gasteiger partial charge is 0.191 e. The highest BCUT2D eigenvalue weighted by Gasteiger charge is 2.17. The van der Waals surface area contributed by atoms with Gasteiger partial charge in [-0.2, -0.15) is 5.10 Å². The molecule has 9 heteroatoms. The largest absolute Gasteiger partial charge is 0.357 e. The Balaban J connectivity index is 0.00000300. The van der Waals surface area contributed by atoms with E-state index < -0.39 is 0 Å². The summed E-state index contributed by atoms with van der Waals surface area (Å²) in [6.07, 6.45) is 6.66. The van der Waals surface area contributed by atoms with E-state index in [9.17, 15) is 0 Å². The summed E-state index contributed by atoms with van der Waals surface area (Å²) in [5.74, 6) is 1.91. The van der Waals surface area contributed by atoms with Gasteiger partial charge >= 0.3 is 0 Å². The third kappa shape index (κ3) is 7.46. The van der Waals surface area contributed by atoms with Gasteiger partial charge in [0, 0.05) is 70.0 Å². The molecule has 0 bridgehead atoms. The molecule has 2 aromatic rings.